The first-order valence-corrected chi connectivity index (χ1v) is 5.38. The van der Waals surface area contributed by atoms with Crippen LogP contribution in [0.5, 0.6) is 0 Å². The summed E-state index contributed by atoms with van der Waals surface area (Å²) in [5, 5.41) is 3.54. The molecule has 1 rings (SSSR count). The van der Waals surface area contributed by atoms with Crippen LogP contribution in [0, 0.1) is 11.3 Å². The normalized spacial score (nSPS) is 33.5. The first-order valence-electron chi connectivity index (χ1n) is 5.38. The number of nitrogens with one attached hydrogen (secondary N) is 1. The third-order valence-corrected chi connectivity index (χ3v) is 3.51. The molecule has 1 heterocycles. The molecule has 0 saturated carbocycles. The van der Waals surface area contributed by atoms with Gasteiger partial charge >= 0.3 is 0 Å². The number of ether oxygens (including phenoxy) is 1. The van der Waals surface area contributed by atoms with Gasteiger partial charge in [0, 0.05) is 31.7 Å². The minimum absolute atomic E-state index is 0.518. The minimum atomic E-state index is 0.518. The van der Waals surface area contributed by atoms with E-state index in [4.69, 9.17) is 4.74 Å². The highest BCUT2D eigenvalue weighted by Gasteiger charge is 2.45. The van der Waals surface area contributed by atoms with Crippen molar-refractivity contribution in [1.82, 2.24) is 5.32 Å². The first kappa shape index (κ1) is 11.0. The fraction of sp³-hybridized carbons (Fsp3) is 1.00. The van der Waals surface area contributed by atoms with Gasteiger partial charge in [0.05, 0.1) is 0 Å². The van der Waals surface area contributed by atoms with Gasteiger partial charge in [0.1, 0.15) is 0 Å². The summed E-state index contributed by atoms with van der Waals surface area (Å²) in [6.07, 6.45) is 2.47. The van der Waals surface area contributed by atoms with Crippen LogP contribution in [0.3, 0.4) is 0 Å². The number of methoxy groups -OCH3 is 1. The highest BCUT2D eigenvalue weighted by molar-refractivity contribution is 5.02. The number of hydrogen-bond donors (Lipinski definition) is 1. The molecule has 2 heteroatoms. The van der Waals surface area contributed by atoms with Gasteiger partial charge in [-0.2, -0.15) is 0 Å². The fourth-order valence-corrected chi connectivity index (χ4v) is 2.52. The van der Waals surface area contributed by atoms with E-state index < -0.39 is 0 Å². The van der Waals surface area contributed by atoms with Crippen LogP contribution in [0.1, 0.15) is 33.6 Å². The molecule has 0 aromatic heterocycles. The summed E-state index contributed by atoms with van der Waals surface area (Å²) in [4.78, 5) is 0. The summed E-state index contributed by atoms with van der Waals surface area (Å²) < 4.78 is 5.18. The lowest BCUT2D eigenvalue weighted by atomic mass is 9.65. The first-order chi connectivity index (χ1) is 6.16. The Bertz CT molecular complexity index is 154. The Balaban J connectivity index is 2.49. The van der Waals surface area contributed by atoms with Crippen molar-refractivity contribution in [2.45, 2.75) is 39.7 Å². The lowest BCUT2D eigenvalue weighted by Gasteiger charge is -2.52. The Morgan fingerprint density at radius 2 is 2.23 bits per heavy atom. The van der Waals surface area contributed by atoms with Crippen molar-refractivity contribution < 1.29 is 4.74 Å². The zero-order chi connectivity index (χ0) is 9.90. The minimum Gasteiger partial charge on any atom is -0.385 e. The number of rotatable bonds is 5. The van der Waals surface area contributed by atoms with Crippen molar-refractivity contribution in [3.05, 3.63) is 0 Å². The second-order valence-electron chi connectivity index (χ2n) is 4.56. The van der Waals surface area contributed by atoms with Crippen LogP contribution in [0.2, 0.25) is 0 Å². The fourth-order valence-electron chi connectivity index (χ4n) is 2.52. The summed E-state index contributed by atoms with van der Waals surface area (Å²) >= 11 is 0. The summed E-state index contributed by atoms with van der Waals surface area (Å²) in [6.45, 7) is 8.97. The summed E-state index contributed by atoms with van der Waals surface area (Å²) in [6, 6.07) is 0.702. The van der Waals surface area contributed by atoms with Gasteiger partial charge in [0.2, 0.25) is 0 Å². The molecule has 1 saturated heterocycles. The van der Waals surface area contributed by atoms with Crippen LogP contribution in [-0.2, 0) is 4.74 Å². The third kappa shape index (κ3) is 2.05. The average Bonchev–Trinajstić information content (AvgIpc) is 2.03. The maximum atomic E-state index is 5.18. The molecular formula is C11H23NO. The van der Waals surface area contributed by atoms with Crippen molar-refractivity contribution in [2.75, 3.05) is 20.3 Å². The van der Waals surface area contributed by atoms with Crippen molar-refractivity contribution in [3.8, 4) is 0 Å². The van der Waals surface area contributed by atoms with Crippen molar-refractivity contribution in [2.24, 2.45) is 11.3 Å². The molecule has 1 aliphatic rings. The van der Waals surface area contributed by atoms with Crippen LogP contribution < -0.4 is 5.32 Å². The quantitative estimate of drug-likeness (QED) is 0.708. The van der Waals surface area contributed by atoms with E-state index in [1.54, 1.807) is 7.11 Å². The zero-order valence-electron chi connectivity index (χ0n) is 9.39. The maximum absolute atomic E-state index is 5.18. The van der Waals surface area contributed by atoms with Crippen molar-refractivity contribution >= 4 is 0 Å². The Hall–Kier alpha value is -0.0800. The topological polar surface area (TPSA) is 21.3 Å². The molecule has 13 heavy (non-hydrogen) atoms. The molecule has 2 nitrogen and oxygen atoms in total. The average molecular weight is 185 g/mol. The molecule has 0 aliphatic carbocycles. The highest BCUT2D eigenvalue weighted by Crippen LogP contribution is 2.40. The zero-order valence-corrected chi connectivity index (χ0v) is 9.39. The lowest BCUT2D eigenvalue weighted by Crippen LogP contribution is -2.64. The van der Waals surface area contributed by atoms with Gasteiger partial charge < -0.3 is 10.1 Å². The predicted molar refractivity (Wildman–Crippen MR) is 55.8 cm³/mol. The molecule has 0 aromatic rings. The maximum Gasteiger partial charge on any atom is 0.0468 e. The van der Waals surface area contributed by atoms with E-state index in [0.717, 1.165) is 12.5 Å². The van der Waals surface area contributed by atoms with E-state index in [9.17, 15) is 0 Å². The van der Waals surface area contributed by atoms with E-state index in [1.165, 1.54) is 19.4 Å². The molecule has 0 radical (unpaired) electrons. The molecule has 1 unspecified atom stereocenters. The molecular weight excluding hydrogens is 162 g/mol. The standard InChI is InChI=1S/C11H23NO/c1-5-11(6-7-13-4)8-12-10(11)9(2)3/h9-10,12H,5-8H2,1-4H3/t10-,11?/m0/s1. The van der Waals surface area contributed by atoms with Gasteiger partial charge in [-0.1, -0.05) is 20.8 Å². The molecule has 1 fully saturated rings. The Labute approximate surface area is 82.0 Å². The van der Waals surface area contributed by atoms with Crippen LogP contribution in [0.4, 0.5) is 0 Å². The van der Waals surface area contributed by atoms with Crippen LogP contribution in [0.15, 0.2) is 0 Å². The van der Waals surface area contributed by atoms with Gasteiger partial charge in [0.25, 0.3) is 0 Å². The van der Waals surface area contributed by atoms with Crippen LogP contribution in [-0.4, -0.2) is 26.3 Å². The van der Waals surface area contributed by atoms with Crippen molar-refractivity contribution in [3.63, 3.8) is 0 Å². The third-order valence-electron chi connectivity index (χ3n) is 3.51. The van der Waals surface area contributed by atoms with Gasteiger partial charge in [-0.25, -0.2) is 0 Å². The molecule has 1 aliphatic heterocycles. The van der Waals surface area contributed by atoms with E-state index in [1.807, 2.05) is 0 Å². The second kappa shape index (κ2) is 4.43. The molecule has 1 N–H and O–H groups in total. The molecule has 0 aromatic carbocycles. The smallest absolute Gasteiger partial charge is 0.0468 e. The van der Waals surface area contributed by atoms with Gasteiger partial charge in [-0.05, 0) is 18.8 Å². The highest BCUT2D eigenvalue weighted by atomic mass is 16.5. The molecule has 0 bridgehead atoms. The van der Waals surface area contributed by atoms with E-state index in [2.05, 4.69) is 26.1 Å². The lowest BCUT2D eigenvalue weighted by molar-refractivity contribution is 0.0111. The molecule has 2 atom stereocenters. The largest absolute Gasteiger partial charge is 0.385 e. The molecule has 0 spiro atoms. The van der Waals surface area contributed by atoms with E-state index in [-0.39, 0.29) is 0 Å². The Morgan fingerprint density at radius 3 is 2.54 bits per heavy atom. The predicted octanol–water partition coefficient (Wildman–Crippen LogP) is 2.05. The van der Waals surface area contributed by atoms with E-state index >= 15 is 0 Å². The van der Waals surface area contributed by atoms with Crippen LogP contribution >= 0.6 is 0 Å². The Morgan fingerprint density at radius 1 is 1.54 bits per heavy atom. The molecule has 0 amide bonds. The van der Waals surface area contributed by atoms with E-state index in [0.29, 0.717) is 11.5 Å². The monoisotopic (exact) mass is 185 g/mol. The number of hydrogen-bond acceptors (Lipinski definition) is 2. The SMILES string of the molecule is CCC1(CCOC)CN[C@H]1C(C)C. The van der Waals surface area contributed by atoms with Crippen LogP contribution in [0.25, 0.3) is 0 Å². The summed E-state index contributed by atoms with van der Waals surface area (Å²) in [5.74, 6) is 0.741. The summed E-state index contributed by atoms with van der Waals surface area (Å²) in [5.41, 5.74) is 0.518. The summed E-state index contributed by atoms with van der Waals surface area (Å²) in [7, 11) is 1.79. The molecule has 78 valence electrons. The van der Waals surface area contributed by atoms with Gasteiger partial charge in [0.15, 0.2) is 0 Å². The second-order valence-corrected chi connectivity index (χ2v) is 4.56. The van der Waals surface area contributed by atoms with Gasteiger partial charge in [-0.15, -0.1) is 0 Å². The van der Waals surface area contributed by atoms with Gasteiger partial charge in [-0.3, -0.25) is 0 Å². The van der Waals surface area contributed by atoms with Crippen molar-refractivity contribution in [1.29, 1.82) is 0 Å². The Kier molecular flexibility index (Phi) is 3.74.